The fraction of sp³-hybridized carbons (Fsp3) is 0.391. The first-order valence-electron chi connectivity index (χ1n) is 9.78. The Bertz CT molecular complexity index is 852. The second-order valence-electron chi connectivity index (χ2n) is 7.57. The number of aromatic amines is 1. The Morgan fingerprint density at radius 3 is 2.69 bits per heavy atom. The Kier molecular flexibility index (Phi) is 5.09. The first kappa shape index (κ1) is 17.3. The van der Waals surface area contributed by atoms with E-state index in [2.05, 4.69) is 83.4 Å². The van der Waals surface area contributed by atoms with Gasteiger partial charge >= 0.3 is 0 Å². The van der Waals surface area contributed by atoms with Crippen LogP contribution in [0.4, 0.5) is 0 Å². The fourth-order valence-electron chi connectivity index (χ4n) is 4.16. The van der Waals surface area contributed by atoms with Crippen molar-refractivity contribution in [2.75, 3.05) is 26.7 Å². The molecule has 3 nitrogen and oxygen atoms in total. The quantitative estimate of drug-likeness (QED) is 0.703. The summed E-state index contributed by atoms with van der Waals surface area (Å²) in [7, 11) is 2.24. The van der Waals surface area contributed by atoms with Crippen molar-refractivity contribution < 1.29 is 0 Å². The summed E-state index contributed by atoms with van der Waals surface area (Å²) < 4.78 is 0. The van der Waals surface area contributed by atoms with Crippen molar-refractivity contribution in [3.05, 3.63) is 71.4 Å². The highest BCUT2D eigenvalue weighted by atomic mass is 15.2. The highest BCUT2D eigenvalue weighted by Crippen LogP contribution is 2.27. The van der Waals surface area contributed by atoms with Crippen LogP contribution in [0.3, 0.4) is 0 Å². The lowest BCUT2D eigenvalue weighted by Gasteiger charge is -2.29. The Morgan fingerprint density at radius 1 is 1.08 bits per heavy atom. The van der Waals surface area contributed by atoms with Gasteiger partial charge in [-0.05, 0) is 57.1 Å². The number of para-hydroxylation sites is 1. The molecule has 0 bridgehead atoms. The van der Waals surface area contributed by atoms with Crippen LogP contribution in [0.2, 0.25) is 0 Å². The van der Waals surface area contributed by atoms with Crippen molar-refractivity contribution >= 4 is 10.9 Å². The predicted octanol–water partition coefficient (Wildman–Crippen LogP) is 4.61. The van der Waals surface area contributed by atoms with Gasteiger partial charge in [0.1, 0.15) is 0 Å². The first-order chi connectivity index (χ1) is 12.7. The average molecular weight is 348 g/mol. The molecule has 26 heavy (non-hydrogen) atoms. The van der Waals surface area contributed by atoms with Gasteiger partial charge in [-0.1, -0.05) is 48.5 Å². The van der Waals surface area contributed by atoms with E-state index in [0.29, 0.717) is 6.04 Å². The van der Waals surface area contributed by atoms with Crippen LogP contribution < -0.4 is 0 Å². The molecule has 1 N–H and O–H groups in total. The van der Waals surface area contributed by atoms with Gasteiger partial charge in [0.2, 0.25) is 0 Å². The Labute approximate surface area is 156 Å². The third kappa shape index (κ3) is 3.55. The summed E-state index contributed by atoms with van der Waals surface area (Å²) in [6.45, 7) is 6.83. The second-order valence-corrected chi connectivity index (χ2v) is 7.57. The van der Waals surface area contributed by atoms with Crippen LogP contribution in [0.25, 0.3) is 10.9 Å². The molecule has 0 saturated heterocycles. The van der Waals surface area contributed by atoms with E-state index in [1.807, 2.05) is 0 Å². The summed E-state index contributed by atoms with van der Waals surface area (Å²) in [4.78, 5) is 8.69. The minimum absolute atomic E-state index is 0.470. The third-order valence-corrected chi connectivity index (χ3v) is 5.89. The van der Waals surface area contributed by atoms with E-state index in [4.69, 9.17) is 0 Å². The van der Waals surface area contributed by atoms with Gasteiger partial charge in [0, 0.05) is 35.7 Å². The summed E-state index contributed by atoms with van der Waals surface area (Å²) in [5.74, 6) is 0. The second kappa shape index (κ2) is 7.65. The molecule has 3 heteroatoms. The molecule has 0 amide bonds. The number of H-pyrrole nitrogens is 1. The summed E-state index contributed by atoms with van der Waals surface area (Å²) >= 11 is 0. The smallest absolute Gasteiger partial charge is 0.0459 e. The number of rotatable bonds is 6. The molecule has 1 aromatic heterocycles. The van der Waals surface area contributed by atoms with Crippen LogP contribution in [-0.2, 0) is 13.0 Å². The Hall–Kier alpha value is -2.10. The van der Waals surface area contributed by atoms with E-state index >= 15 is 0 Å². The van der Waals surface area contributed by atoms with Gasteiger partial charge in [-0.3, -0.25) is 9.80 Å². The van der Waals surface area contributed by atoms with Gasteiger partial charge < -0.3 is 4.98 Å². The third-order valence-electron chi connectivity index (χ3n) is 5.89. The van der Waals surface area contributed by atoms with Crippen LogP contribution in [0, 0.1) is 0 Å². The van der Waals surface area contributed by atoms with E-state index < -0.39 is 0 Å². The molecule has 136 valence electrons. The van der Waals surface area contributed by atoms with Crippen LogP contribution >= 0.6 is 0 Å². The molecule has 0 radical (unpaired) electrons. The number of aromatic nitrogens is 1. The standard InChI is InChI=1S/C23H29N3/c1-18(19-9-4-3-5-10-19)25(2)14-8-15-26-16-13-21-20-11-6-7-12-22(20)24-23(21)17-26/h3-7,9-12,18,24H,8,13-17H2,1-2H3. The maximum atomic E-state index is 3.63. The van der Waals surface area contributed by atoms with Crippen molar-refractivity contribution in [1.82, 2.24) is 14.8 Å². The van der Waals surface area contributed by atoms with Crippen molar-refractivity contribution in [3.8, 4) is 0 Å². The summed E-state index contributed by atoms with van der Waals surface area (Å²) in [6, 6.07) is 20.0. The monoisotopic (exact) mass is 347 g/mol. The number of nitrogens with zero attached hydrogens (tertiary/aromatic N) is 2. The van der Waals surface area contributed by atoms with E-state index in [0.717, 1.165) is 19.5 Å². The summed E-state index contributed by atoms with van der Waals surface area (Å²) in [5, 5.41) is 1.42. The molecular formula is C23H29N3. The number of hydrogen-bond donors (Lipinski definition) is 1. The molecule has 3 aromatic rings. The van der Waals surface area contributed by atoms with Gasteiger partial charge in [0.25, 0.3) is 0 Å². The van der Waals surface area contributed by atoms with E-state index in [9.17, 15) is 0 Å². The average Bonchev–Trinajstić information content (AvgIpc) is 3.05. The SMILES string of the molecule is CC(c1ccccc1)N(C)CCCN1CCc2c([nH]c3ccccc23)C1. The minimum Gasteiger partial charge on any atom is -0.357 e. The summed E-state index contributed by atoms with van der Waals surface area (Å²) in [5.41, 5.74) is 5.64. The number of hydrogen-bond acceptors (Lipinski definition) is 2. The maximum absolute atomic E-state index is 3.63. The lowest BCUT2D eigenvalue weighted by molar-refractivity contribution is 0.209. The lowest BCUT2D eigenvalue weighted by Crippen LogP contribution is -2.33. The molecule has 0 saturated carbocycles. The zero-order valence-electron chi connectivity index (χ0n) is 15.9. The molecule has 0 aliphatic carbocycles. The zero-order valence-corrected chi connectivity index (χ0v) is 15.9. The molecule has 1 unspecified atom stereocenters. The van der Waals surface area contributed by atoms with Crippen LogP contribution in [0.5, 0.6) is 0 Å². The number of fused-ring (bicyclic) bond motifs is 3. The largest absolute Gasteiger partial charge is 0.357 e. The van der Waals surface area contributed by atoms with Gasteiger partial charge in [-0.25, -0.2) is 0 Å². The first-order valence-corrected chi connectivity index (χ1v) is 9.78. The van der Waals surface area contributed by atoms with Gasteiger partial charge in [0.05, 0.1) is 0 Å². The normalized spacial score (nSPS) is 16.1. The molecule has 2 heterocycles. The van der Waals surface area contributed by atoms with E-state index in [-0.39, 0.29) is 0 Å². The molecular weight excluding hydrogens is 318 g/mol. The van der Waals surface area contributed by atoms with Gasteiger partial charge in [-0.2, -0.15) is 0 Å². The summed E-state index contributed by atoms with van der Waals surface area (Å²) in [6.07, 6.45) is 2.37. The van der Waals surface area contributed by atoms with Crippen LogP contribution in [0.15, 0.2) is 54.6 Å². The Morgan fingerprint density at radius 2 is 1.85 bits per heavy atom. The molecule has 1 atom stereocenters. The Balaban J connectivity index is 1.30. The van der Waals surface area contributed by atoms with Crippen molar-refractivity contribution in [2.45, 2.75) is 32.4 Å². The van der Waals surface area contributed by atoms with Crippen molar-refractivity contribution in [1.29, 1.82) is 0 Å². The van der Waals surface area contributed by atoms with Crippen LogP contribution in [-0.4, -0.2) is 41.5 Å². The highest BCUT2D eigenvalue weighted by molar-refractivity contribution is 5.84. The number of nitrogens with one attached hydrogen (secondary N) is 1. The minimum atomic E-state index is 0.470. The molecule has 2 aromatic carbocycles. The molecule has 0 fully saturated rings. The van der Waals surface area contributed by atoms with Crippen molar-refractivity contribution in [2.24, 2.45) is 0 Å². The zero-order chi connectivity index (χ0) is 17.9. The van der Waals surface area contributed by atoms with Gasteiger partial charge in [-0.15, -0.1) is 0 Å². The molecule has 1 aliphatic heterocycles. The van der Waals surface area contributed by atoms with E-state index in [1.54, 1.807) is 0 Å². The number of benzene rings is 2. The molecule has 1 aliphatic rings. The topological polar surface area (TPSA) is 22.3 Å². The highest BCUT2D eigenvalue weighted by Gasteiger charge is 2.20. The lowest BCUT2D eigenvalue weighted by atomic mass is 10.0. The van der Waals surface area contributed by atoms with Crippen LogP contribution in [0.1, 0.15) is 36.2 Å². The van der Waals surface area contributed by atoms with Gasteiger partial charge in [0.15, 0.2) is 0 Å². The molecule has 4 rings (SSSR count). The fourth-order valence-corrected chi connectivity index (χ4v) is 4.16. The molecule has 0 spiro atoms. The maximum Gasteiger partial charge on any atom is 0.0459 e. The predicted molar refractivity (Wildman–Crippen MR) is 109 cm³/mol. The van der Waals surface area contributed by atoms with E-state index in [1.165, 1.54) is 47.2 Å². The van der Waals surface area contributed by atoms with Crippen molar-refractivity contribution in [3.63, 3.8) is 0 Å².